The van der Waals surface area contributed by atoms with E-state index in [-0.39, 0.29) is 5.41 Å². The van der Waals surface area contributed by atoms with Crippen molar-refractivity contribution in [3.05, 3.63) is 60.2 Å². The van der Waals surface area contributed by atoms with Gasteiger partial charge in [-0.1, -0.05) is 63.2 Å². The molecule has 0 aliphatic heterocycles. The summed E-state index contributed by atoms with van der Waals surface area (Å²) in [5, 5.41) is 0. The van der Waals surface area contributed by atoms with E-state index in [1.165, 1.54) is 5.56 Å². The van der Waals surface area contributed by atoms with Crippen molar-refractivity contribution in [1.82, 2.24) is 0 Å². The molecule has 0 saturated heterocycles. The first kappa shape index (κ1) is 11.9. The maximum Gasteiger partial charge on any atom is -0.00584 e. The molecule has 0 heteroatoms. The first-order valence-corrected chi connectivity index (χ1v) is 6.13. The summed E-state index contributed by atoms with van der Waals surface area (Å²) in [4.78, 5) is 0. The minimum absolute atomic E-state index is 0.185. The van der Waals surface area contributed by atoms with Crippen LogP contribution in [0.1, 0.15) is 32.8 Å². The monoisotopic (exact) mass is 222 g/mol. The van der Waals surface area contributed by atoms with Gasteiger partial charge < -0.3 is 0 Å². The van der Waals surface area contributed by atoms with Crippen molar-refractivity contribution in [2.45, 2.75) is 32.6 Å². The van der Waals surface area contributed by atoms with Gasteiger partial charge in [0.2, 0.25) is 0 Å². The molecule has 0 bridgehead atoms. The van der Waals surface area contributed by atoms with E-state index in [0.29, 0.717) is 0 Å². The highest BCUT2D eigenvalue weighted by Gasteiger charge is 2.18. The largest absolute Gasteiger partial charge is 0.0646 e. The molecule has 0 heterocycles. The number of hydrogen-bond donors (Lipinski definition) is 0. The maximum atomic E-state index is 3.52. The molecule has 0 aliphatic rings. The Kier molecular flexibility index (Phi) is 3.33. The minimum Gasteiger partial charge on any atom is -0.0646 e. The van der Waals surface area contributed by atoms with Crippen molar-refractivity contribution < 1.29 is 0 Å². The van der Waals surface area contributed by atoms with Gasteiger partial charge >= 0.3 is 0 Å². The van der Waals surface area contributed by atoms with Crippen molar-refractivity contribution in [3.63, 3.8) is 0 Å². The fourth-order valence-corrected chi connectivity index (χ4v) is 1.77. The lowest BCUT2D eigenvalue weighted by molar-refractivity contribution is 0.505. The standard InChI is InChI=1S/C17H18/c1-4-17(2,3)16-12-8-11-15(13-16)14-9-6-5-7-10-14/h5-9,11-12H,4H2,1-3H3. The third kappa shape index (κ3) is 2.58. The molecule has 0 amide bonds. The van der Waals surface area contributed by atoms with E-state index in [0.717, 1.165) is 17.5 Å². The fraction of sp³-hybridized carbons (Fsp3) is 0.294. The van der Waals surface area contributed by atoms with Crippen molar-refractivity contribution >= 4 is 0 Å². The average Bonchev–Trinajstić information content (AvgIpc) is 2.40. The molecular formula is C17H18. The predicted octanol–water partition coefficient (Wildman–Crippen LogP) is 4.64. The van der Waals surface area contributed by atoms with Crippen molar-refractivity contribution in [2.24, 2.45) is 0 Å². The highest BCUT2D eigenvalue weighted by atomic mass is 14.2. The maximum absolute atomic E-state index is 3.52. The van der Waals surface area contributed by atoms with Gasteiger partial charge in [0.05, 0.1) is 0 Å². The molecule has 2 rings (SSSR count). The zero-order valence-electron chi connectivity index (χ0n) is 10.7. The second-order valence-electron chi connectivity index (χ2n) is 4.99. The molecule has 0 fully saturated rings. The Morgan fingerprint density at radius 1 is 1.00 bits per heavy atom. The van der Waals surface area contributed by atoms with Crippen molar-refractivity contribution in [3.8, 4) is 11.1 Å². The van der Waals surface area contributed by atoms with Crippen molar-refractivity contribution in [1.29, 1.82) is 0 Å². The van der Waals surface area contributed by atoms with E-state index in [2.05, 4.69) is 57.2 Å². The smallest absolute Gasteiger partial charge is 0.00584 e. The molecule has 0 aliphatic carbocycles. The molecule has 0 N–H and O–H groups in total. The molecule has 0 saturated carbocycles. The summed E-state index contributed by atoms with van der Waals surface area (Å²) in [7, 11) is 0. The summed E-state index contributed by atoms with van der Waals surface area (Å²) < 4.78 is 0. The third-order valence-corrected chi connectivity index (χ3v) is 3.41. The number of rotatable bonds is 3. The Labute approximate surface area is 104 Å². The van der Waals surface area contributed by atoms with Gasteiger partial charge in [-0.15, -0.1) is 0 Å². The second kappa shape index (κ2) is 4.75. The summed E-state index contributed by atoms with van der Waals surface area (Å²) in [6.45, 7) is 6.74. The lowest BCUT2D eigenvalue weighted by Gasteiger charge is -2.23. The van der Waals surface area contributed by atoms with E-state index >= 15 is 0 Å². The Bertz CT molecular complexity index is 480. The van der Waals surface area contributed by atoms with Gasteiger partial charge in [0.25, 0.3) is 0 Å². The lowest BCUT2D eigenvalue weighted by atomic mass is 9.81. The van der Waals surface area contributed by atoms with Crippen LogP contribution in [0.4, 0.5) is 0 Å². The van der Waals surface area contributed by atoms with Crippen molar-refractivity contribution in [2.75, 3.05) is 0 Å². The van der Waals surface area contributed by atoms with Gasteiger partial charge in [-0.2, -0.15) is 0 Å². The van der Waals surface area contributed by atoms with Crippen LogP contribution < -0.4 is 0 Å². The van der Waals surface area contributed by atoms with Gasteiger partial charge in [-0.3, -0.25) is 0 Å². The minimum atomic E-state index is 0.185. The molecule has 0 unspecified atom stereocenters. The second-order valence-corrected chi connectivity index (χ2v) is 4.99. The first-order valence-electron chi connectivity index (χ1n) is 6.13. The van der Waals surface area contributed by atoms with Crippen LogP contribution in [-0.2, 0) is 5.41 Å². The van der Waals surface area contributed by atoms with Gasteiger partial charge in [-0.05, 0) is 40.7 Å². The van der Waals surface area contributed by atoms with Crippen LogP contribution in [0.2, 0.25) is 0 Å². The molecule has 17 heavy (non-hydrogen) atoms. The van der Waals surface area contributed by atoms with Crippen LogP contribution in [0, 0.1) is 12.1 Å². The first-order chi connectivity index (χ1) is 8.13. The summed E-state index contributed by atoms with van der Waals surface area (Å²) in [5.41, 5.74) is 3.70. The van der Waals surface area contributed by atoms with Gasteiger partial charge in [-0.25, -0.2) is 0 Å². The molecule has 0 atom stereocenters. The van der Waals surface area contributed by atoms with E-state index < -0.39 is 0 Å². The van der Waals surface area contributed by atoms with Gasteiger partial charge in [0, 0.05) is 0 Å². The SMILES string of the molecule is CCC(C)(C)c1[c]c(-c2[c]cccc2)ccc1. The molecule has 2 radical (unpaired) electrons. The normalized spacial score (nSPS) is 11.5. The molecule has 0 nitrogen and oxygen atoms in total. The number of benzene rings is 2. The van der Waals surface area contributed by atoms with Crippen LogP contribution in [-0.4, -0.2) is 0 Å². The Hall–Kier alpha value is -1.56. The Morgan fingerprint density at radius 2 is 1.76 bits per heavy atom. The van der Waals surface area contributed by atoms with E-state index in [1.54, 1.807) is 0 Å². The fourth-order valence-electron chi connectivity index (χ4n) is 1.77. The summed E-state index contributed by atoms with van der Waals surface area (Å²) in [5.74, 6) is 0. The molecule has 0 aromatic heterocycles. The molecular weight excluding hydrogens is 204 g/mol. The zero-order valence-corrected chi connectivity index (χ0v) is 10.7. The molecule has 2 aromatic rings. The highest BCUT2D eigenvalue weighted by Crippen LogP contribution is 2.29. The van der Waals surface area contributed by atoms with Gasteiger partial charge in [0.1, 0.15) is 0 Å². The Morgan fingerprint density at radius 3 is 2.41 bits per heavy atom. The predicted molar refractivity (Wildman–Crippen MR) is 72.9 cm³/mol. The van der Waals surface area contributed by atoms with Gasteiger partial charge in [0.15, 0.2) is 0 Å². The third-order valence-electron chi connectivity index (χ3n) is 3.41. The molecule has 0 spiro atoms. The molecule has 86 valence electrons. The van der Waals surface area contributed by atoms with Crippen LogP contribution in [0.15, 0.2) is 42.5 Å². The summed E-state index contributed by atoms with van der Waals surface area (Å²) in [6.07, 6.45) is 1.12. The van der Waals surface area contributed by atoms with E-state index in [9.17, 15) is 0 Å². The summed E-state index contributed by atoms with van der Waals surface area (Å²) >= 11 is 0. The lowest BCUT2D eigenvalue weighted by Crippen LogP contribution is -2.15. The van der Waals surface area contributed by atoms with Crippen LogP contribution in [0.25, 0.3) is 11.1 Å². The quantitative estimate of drug-likeness (QED) is 0.709. The highest BCUT2D eigenvalue weighted by molar-refractivity contribution is 5.63. The van der Waals surface area contributed by atoms with Crippen LogP contribution in [0.5, 0.6) is 0 Å². The number of hydrogen-bond acceptors (Lipinski definition) is 0. The average molecular weight is 222 g/mol. The zero-order chi connectivity index (χ0) is 12.3. The van der Waals surface area contributed by atoms with Crippen LogP contribution in [0.3, 0.4) is 0 Å². The molecule has 2 aromatic carbocycles. The van der Waals surface area contributed by atoms with E-state index in [4.69, 9.17) is 0 Å². The van der Waals surface area contributed by atoms with Crippen LogP contribution >= 0.6 is 0 Å². The van der Waals surface area contributed by atoms with E-state index in [1.807, 2.05) is 18.2 Å². The topological polar surface area (TPSA) is 0 Å². The Balaban J connectivity index is 2.42. The summed E-state index contributed by atoms with van der Waals surface area (Å²) in [6, 6.07) is 21.2.